The maximum atomic E-state index is 11.8. The van der Waals surface area contributed by atoms with Gasteiger partial charge in [-0.25, -0.2) is 4.79 Å². The van der Waals surface area contributed by atoms with Gasteiger partial charge in [0, 0.05) is 9.35 Å². The lowest BCUT2D eigenvalue weighted by Crippen LogP contribution is -2.31. The zero-order valence-corrected chi connectivity index (χ0v) is 14.7. The van der Waals surface area contributed by atoms with Gasteiger partial charge in [-0.15, -0.1) is 11.3 Å². The molecule has 1 atom stereocenters. The number of thiophene rings is 1. The summed E-state index contributed by atoms with van der Waals surface area (Å²) in [7, 11) is 0. The van der Waals surface area contributed by atoms with E-state index in [1.807, 2.05) is 44.2 Å². The van der Waals surface area contributed by atoms with Crippen LogP contribution in [0.4, 0.5) is 0 Å². The molecule has 1 heterocycles. The minimum Gasteiger partial charge on any atom is -0.451 e. The van der Waals surface area contributed by atoms with Crippen molar-refractivity contribution in [3.8, 4) is 0 Å². The average Bonchev–Trinajstić information content (AvgIpc) is 2.92. The van der Waals surface area contributed by atoms with E-state index in [2.05, 4.69) is 21.2 Å². The number of rotatable bonds is 5. The van der Waals surface area contributed by atoms with Crippen molar-refractivity contribution in [1.82, 2.24) is 5.32 Å². The van der Waals surface area contributed by atoms with Gasteiger partial charge in [0.25, 0.3) is 5.91 Å². The van der Waals surface area contributed by atoms with Crippen molar-refractivity contribution in [1.29, 1.82) is 0 Å². The van der Waals surface area contributed by atoms with Crippen molar-refractivity contribution in [3.05, 3.63) is 56.2 Å². The smallest absolute Gasteiger partial charge is 0.348 e. The molecule has 0 bridgehead atoms. The van der Waals surface area contributed by atoms with E-state index < -0.39 is 5.97 Å². The number of carbonyl (C=O) groups is 2. The van der Waals surface area contributed by atoms with Gasteiger partial charge in [-0.05, 0) is 43.7 Å². The van der Waals surface area contributed by atoms with Gasteiger partial charge >= 0.3 is 5.97 Å². The third kappa shape index (κ3) is 4.68. The Hall–Kier alpha value is -1.66. The number of nitrogens with one attached hydrogen (secondary N) is 1. The first-order chi connectivity index (χ1) is 10.5. The van der Waals surface area contributed by atoms with Crippen LogP contribution in [0.1, 0.15) is 33.1 Å². The standard InChI is InChI=1S/C16H16BrNO3S/c1-10-3-8-14(22-10)16(20)21-9-15(19)18-11(2)12-4-6-13(17)7-5-12/h3-8,11H,9H2,1-2H3,(H,18,19)/t11-/m0/s1. The molecule has 1 aromatic carbocycles. The number of esters is 1. The van der Waals surface area contributed by atoms with Crippen molar-refractivity contribution < 1.29 is 14.3 Å². The Morgan fingerprint density at radius 2 is 1.91 bits per heavy atom. The maximum Gasteiger partial charge on any atom is 0.348 e. The summed E-state index contributed by atoms with van der Waals surface area (Å²) in [5, 5.41) is 2.80. The van der Waals surface area contributed by atoms with Gasteiger partial charge in [0.2, 0.25) is 0 Å². The zero-order valence-electron chi connectivity index (χ0n) is 12.3. The van der Waals surface area contributed by atoms with E-state index in [1.165, 1.54) is 11.3 Å². The van der Waals surface area contributed by atoms with Crippen LogP contribution in [-0.2, 0) is 9.53 Å². The van der Waals surface area contributed by atoms with E-state index in [-0.39, 0.29) is 18.6 Å². The molecule has 6 heteroatoms. The minimum atomic E-state index is -0.468. The summed E-state index contributed by atoms with van der Waals surface area (Å²) in [4.78, 5) is 25.1. The second kappa shape index (κ2) is 7.56. The third-order valence-electron chi connectivity index (χ3n) is 3.02. The largest absolute Gasteiger partial charge is 0.451 e. The predicted octanol–water partition coefficient (Wildman–Crippen LogP) is 3.85. The second-order valence-electron chi connectivity index (χ2n) is 4.83. The molecule has 0 unspecified atom stereocenters. The average molecular weight is 382 g/mol. The van der Waals surface area contributed by atoms with Crippen LogP contribution in [0.5, 0.6) is 0 Å². The lowest BCUT2D eigenvalue weighted by molar-refractivity contribution is -0.124. The number of hydrogen-bond acceptors (Lipinski definition) is 4. The maximum absolute atomic E-state index is 11.8. The number of halogens is 1. The molecule has 2 rings (SSSR count). The first-order valence-electron chi connectivity index (χ1n) is 6.74. The summed E-state index contributed by atoms with van der Waals surface area (Å²) >= 11 is 4.72. The lowest BCUT2D eigenvalue weighted by atomic mass is 10.1. The molecule has 4 nitrogen and oxygen atoms in total. The van der Waals surface area contributed by atoms with Crippen LogP contribution in [0, 0.1) is 6.92 Å². The van der Waals surface area contributed by atoms with Crippen molar-refractivity contribution in [2.24, 2.45) is 0 Å². The number of hydrogen-bond donors (Lipinski definition) is 1. The SMILES string of the molecule is Cc1ccc(C(=O)OCC(=O)N[C@@H](C)c2ccc(Br)cc2)s1. The van der Waals surface area contributed by atoms with Crippen molar-refractivity contribution in [3.63, 3.8) is 0 Å². The van der Waals surface area contributed by atoms with Crippen molar-refractivity contribution in [2.45, 2.75) is 19.9 Å². The first kappa shape index (κ1) is 16.7. The van der Waals surface area contributed by atoms with Crippen molar-refractivity contribution in [2.75, 3.05) is 6.61 Å². The molecule has 0 saturated carbocycles. The number of aryl methyl sites for hydroxylation is 1. The first-order valence-corrected chi connectivity index (χ1v) is 8.35. The minimum absolute atomic E-state index is 0.150. The molecule has 0 saturated heterocycles. The fraction of sp³-hybridized carbons (Fsp3) is 0.250. The van der Waals surface area contributed by atoms with E-state index in [9.17, 15) is 9.59 Å². The highest BCUT2D eigenvalue weighted by Crippen LogP contribution is 2.17. The van der Waals surface area contributed by atoms with Gasteiger partial charge < -0.3 is 10.1 Å². The summed E-state index contributed by atoms with van der Waals surface area (Å²) in [5.41, 5.74) is 0.983. The zero-order chi connectivity index (χ0) is 16.1. The highest BCUT2D eigenvalue weighted by Gasteiger charge is 2.14. The fourth-order valence-corrected chi connectivity index (χ4v) is 2.89. The number of benzene rings is 1. The Morgan fingerprint density at radius 3 is 2.50 bits per heavy atom. The van der Waals surface area contributed by atoms with Gasteiger partial charge in [0.05, 0.1) is 6.04 Å². The Bertz CT molecular complexity index is 666. The Balaban J connectivity index is 1.82. The number of ether oxygens (including phenoxy) is 1. The number of amides is 1. The van der Waals surface area contributed by atoms with Crippen LogP contribution in [0.25, 0.3) is 0 Å². The van der Waals surface area contributed by atoms with Crippen LogP contribution in [0.15, 0.2) is 40.9 Å². The summed E-state index contributed by atoms with van der Waals surface area (Å²) < 4.78 is 5.99. The van der Waals surface area contributed by atoms with E-state index >= 15 is 0 Å². The summed E-state index contributed by atoms with van der Waals surface area (Å²) in [6, 6.07) is 11.1. The van der Waals surface area contributed by atoms with E-state index in [1.54, 1.807) is 6.07 Å². The normalized spacial score (nSPS) is 11.8. The highest BCUT2D eigenvalue weighted by molar-refractivity contribution is 9.10. The van der Waals surface area contributed by atoms with Crippen LogP contribution in [0.2, 0.25) is 0 Å². The molecule has 0 fully saturated rings. The third-order valence-corrected chi connectivity index (χ3v) is 4.53. The molecule has 0 radical (unpaired) electrons. The lowest BCUT2D eigenvalue weighted by Gasteiger charge is -2.14. The molecular formula is C16H16BrNO3S. The molecule has 1 aromatic heterocycles. The van der Waals surface area contributed by atoms with Crippen LogP contribution in [-0.4, -0.2) is 18.5 Å². The predicted molar refractivity (Wildman–Crippen MR) is 90.0 cm³/mol. The highest BCUT2D eigenvalue weighted by atomic mass is 79.9. The van der Waals surface area contributed by atoms with Gasteiger partial charge in [-0.1, -0.05) is 28.1 Å². The molecule has 2 aromatic rings. The van der Waals surface area contributed by atoms with E-state index in [0.717, 1.165) is 14.9 Å². The Labute approximate surface area is 141 Å². The Kier molecular flexibility index (Phi) is 5.74. The summed E-state index contributed by atoms with van der Waals surface area (Å²) in [6.45, 7) is 3.51. The molecule has 1 amide bonds. The second-order valence-corrected chi connectivity index (χ2v) is 7.03. The van der Waals surface area contributed by atoms with Gasteiger partial charge in [0.1, 0.15) is 4.88 Å². The fourth-order valence-electron chi connectivity index (χ4n) is 1.86. The van der Waals surface area contributed by atoms with E-state index in [0.29, 0.717) is 4.88 Å². The molecular weight excluding hydrogens is 366 g/mol. The molecule has 22 heavy (non-hydrogen) atoms. The molecule has 0 aliphatic heterocycles. The van der Waals surface area contributed by atoms with Gasteiger partial charge in [-0.2, -0.15) is 0 Å². The van der Waals surface area contributed by atoms with Crippen LogP contribution < -0.4 is 5.32 Å². The monoisotopic (exact) mass is 381 g/mol. The van der Waals surface area contributed by atoms with Crippen molar-refractivity contribution >= 4 is 39.1 Å². The van der Waals surface area contributed by atoms with E-state index in [4.69, 9.17) is 4.74 Å². The summed E-state index contributed by atoms with van der Waals surface area (Å²) in [5.74, 6) is -0.790. The van der Waals surface area contributed by atoms with Crippen LogP contribution >= 0.6 is 27.3 Å². The molecule has 0 spiro atoms. The van der Waals surface area contributed by atoms with Crippen LogP contribution in [0.3, 0.4) is 0 Å². The summed E-state index contributed by atoms with van der Waals surface area (Å²) in [6.07, 6.45) is 0. The van der Waals surface area contributed by atoms with Gasteiger partial charge in [-0.3, -0.25) is 4.79 Å². The molecule has 116 valence electrons. The Morgan fingerprint density at radius 1 is 1.23 bits per heavy atom. The topological polar surface area (TPSA) is 55.4 Å². The molecule has 0 aliphatic carbocycles. The molecule has 0 aliphatic rings. The quantitative estimate of drug-likeness (QED) is 0.800. The van der Waals surface area contributed by atoms with Gasteiger partial charge in [0.15, 0.2) is 6.61 Å². The molecule has 1 N–H and O–H groups in total. The number of carbonyl (C=O) groups excluding carboxylic acids is 2.